The molecule has 0 N–H and O–H groups in total. The van der Waals surface area contributed by atoms with Crippen molar-refractivity contribution < 1.29 is 34.5 Å². The molecule has 4 bridgehead atoms. The number of nitrogens with zero attached hydrogens (tertiary/aromatic N) is 4. The number of ether oxygens (including phenoxy) is 2. The summed E-state index contributed by atoms with van der Waals surface area (Å²) >= 11 is 0. The first-order valence-corrected chi connectivity index (χ1v) is 19.3. The second kappa shape index (κ2) is 15.5. The van der Waals surface area contributed by atoms with Crippen molar-refractivity contribution in [1.29, 1.82) is 0 Å². The van der Waals surface area contributed by atoms with Crippen LogP contribution in [-0.2, 0) is 0 Å². The molecule has 52 heavy (non-hydrogen) atoms. The predicted molar refractivity (Wildman–Crippen MR) is 218 cm³/mol. The molecule has 0 saturated carbocycles. The monoisotopic (exact) mass is 705 g/mol. The highest BCUT2D eigenvalue weighted by atomic mass is 16.5. The molecule has 0 radical (unpaired) electrons. The Kier molecular flexibility index (Phi) is 10.7. The van der Waals surface area contributed by atoms with Gasteiger partial charge in [0, 0.05) is 48.1 Å². The Labute approximate surface area is 319 Å². The van der Waals surface area contributed by atoms with E-state index in [1.165, 1.54) is 54.8 Å². The van der Waals surface area contributed by atoms with E-state index in [1.807, 2.05) is 55.5 Å². The van der Waals surface area contributed by atoms with Crippen LogP contribution in [0.5, 0.6) is 11.5 Å². The Morgan fingerprint density at radius 3 is 1.58 bits per heavy atom. The van der Waals surface area contributed by atoms with Gasteiger partial charge in [-0.25, -0.2) is 4.48 Å². The van der Waals surface area contributed by atoms with Crippen molar-refractivity contribution in [3.63, 3.8) is 0 Å². The van der Waals surface area contributed by atoms with Crippen molar-refractivity contribution in [2.45, 2.75) is 32.9 Å². The zero-order valence-corrected chi connectivity index (χ0v) is 31.4. The molecule has 0 aromatic heterocycles. The third-order valence-electron chi connectivity index (χ3n) is 12.3. The van der Waals surface area contributed by atoms with Gasteiger partial charge < -0.3 is 18.4 Å². The van der Waals surface area contributed by atoms with Gasteiger partial charge in [-0.3, -0.25) is 4.48 Å². The Bertz CT molecular complexity index is 1950. The molecule has 6 heterocycles. The number of fused-ring (bicyclic) bond motifs is 6. The quantitative estimate of drug-likeness (QED) is 0.143. The van der Waals surface area contributed by atoms with E-state index in [2.05, 4.69) is 85.7 Å². The number of hydrogen-bond donors (Lipinski definition) is 0. The summed E-state index contributed by atoms with van der Waals surface area (Å²) in [6, 6.07) is 28.0. The van der Waals surface area contributed by atoms with E-state index in [1.54, 1.807) is 0 Å². The van der Waals surface area contributed by atoms with Crippen molar-refractivity contribution in [2.24, 2.45) is 0 Å². The van der Waals surface area contributed by atoms with Gasteiger partial charge in [-0.05, 0) is 85.6 Å². The van der Waals surface area contributed by atoms with Crippen LogP contribution in [0.1, 0.15) is 56.1 Å². The standard InChI is InChI=1S/C46H54N4O2.5H2/c1-4-6-7-25-48-33-36-50(37-34-48,38-35-48)46(5-2)52-45-23-19-43(20-24-45)16-14-41-11-9-40(10-12-41)13-15-42-17-21-44(22-18-42)51-39-8-26-49-30-27-47(3,28-31-49)29-32-49;;;;;/h9-12,17-24,46H,5,8,26-39H2,1-3H3;5*1H/q+4;;;;;. The summed E-state index contributed by atoms with van der Waals surface area (Å²) in [6.45, 7) is 20.6. The molecule has 0 aliphatic carbocycles. The molecule has 1 unspecified atom stereocenters. The first kappa shape index (κ1) is 35.7. The van der Waals surface area contributed by atoms with Gasteiger partial charge in [0.25, 0.3) is 0 Å². The lowest BCUT2D eigenvalue weighted by atomic mass is 10.1. The molecule has 6 heteroatoms. The predicted octanol–water partition coefficient (Wildman–Crippen LogP) is 6.54. The third-order valence-corrected chi connectivity index (χ3v) is 12.3. The summed E-state index contributed by atoms with van der Waals surface area (Å²) in [5, 5.41) is 0. The van der Waals surface area contributed by atoms with Crippen LogP contribution in [0.3, 0.4) is 0 Å². The van der Waals surface area contributed by atoms with Crippen molar-refractivity contribution in [3.8, 4) is 59.0 Å². The third kappa shape index (κ3) is 8.35. The molecule has 9 rings (SSSR count). The van der Waals surface area contributed by atoms with E-state index in [4.69, 9.17) is 9.47 Å². The SMILES string of the molecule is CC#CC#C[N+]12CC[N+](C(CC)Oc3ccc(C#Cc4ccc(C#Cc5ccc(OCCC[N+]67CC[N+](C)(CC6)CC7)cc5)cc4)cc3)(CC1)CC2.[HH].[HH].[HH].[HH].[HH]. The average molecular weight is 705 g/mol. The number of hydrogen-bond acceptors (Lipinski definition) is 2. The molecule has 0 amide bonds. The average Bonchev–Trinajstić information content (AvgIpc) is 3.20. The summed E-state index contributed by atoms with van der Waals surface area (Å²) in [5.41, 5.74) is 3.89. The van der Waals surface area contributed by atoms with E-state index >= 15 is 0 Å². The molecule has 0 spiro atoms. The maximum absolute atomic E-state index is 6.63. The molecule has 6 nitrogen and oxygen atoms in total. The number of likely N-dealkylation sites (N-methyl/N-ethyl adjacent to an activating group) is 1. The van der Waals surface area contributed by atoms with Gasteiger partial charge in [-0.15, -0.1) is 0 Å². The van der Waals surface area contributed by atoms with E-state index in [9.17, 15) is 0 Å². The number of benzene rings is 3. The number of piperazine rings is 6. The maximum Gasteiger partial charge on any atom is 0.233 e. The Hall–Kier alpha value is -4.66. The summed E-state index contributed by atoms with van der Waals surface area (Å²) in [7, 11) is 2.42. The van der Waals surface area contributed by atoms with E-state index < -0.39 is 0 Å². The highest BCUT2D eigenvalue weighted by Crippen LogP contribution is 2.32. The zero-order chi connectivity index (χ0) is 35.9. The van der Waals surface area contributed by atoms with Crippen molar-refractivity contribution in [2.75, 3.05) is 98.7 Å². The number of rotatable bonds is 9. The summed E-state index contributed by atoms with van der Waals surface area (Å²) in [4.78, 5) is 0. The van der Waals surface area contributed by atoms with Crippen LogP contribution in [0.4, 0.5) is 0 Å². The Morgan fingerprint density at radius 1 is 0.615 bits per heavy atom. The molecule has 6 aliphatic rings. The van der Waals surface area contributed by atoms with Crippen LogP contribution in [0.15, 0.2) is 72.8 Å². The van der Waals surface area contributed by atoms with Crippen LogP contribution >= 0.6 is 0 Å². The van der Waals surface area contributed by atoms with Crippen LogP contribution in [0, 0.1) is 47.5 Å². The van der Waals surface area contributed by atoms with Gasteiger partial charge in [-0.2, -0.15) is 0 Å². The topological polar surface area (TPSA) is 18.5 Å². The fraction of sp³-hybridized carbons (Fsp3) is 0.435. The normalized spacial score (nSPS) is 27.3. The lowest BCUT2D eigenvalue weighted by molar-refractivity contribution is -1.08. The van der Waals surface area contributed by atoms with Gasteiger partial charge in [0.2, 0.25) is 6.23 Å². The molecule has 6 fully saturated rings. The first-order chi connectivity index (χ1) is 25.3. The minimum atomic E-state index is 0. The fourth-order valence-electron chi connectivity index (χ4n) is 8.52. The number of quaternary nitrogens is 4. The smallest absolute Gasteiger partial charge is 0.233 e. The van der Waals surface area contributed by atoms with Crippen LogP contribution in [0.2, 0.25) is 0 Å². The van der Waals surface area contributed by atoms with Crippen molar-refractivity contribution in [3.05, 3.63) is 95.1 Å². The summed E-state index contributed by atoms with van der Waals surface area (Å²) in [5.74, 6) is 23.9. The Balaban J connectivity index is 0.00000224. The van der Waals surface area contributed by atoms with E-state index in [-0.39, 0.29) is 13.4 Å². The minimum absolute atomic E-state index is 0. The molecule has 1 atom stereocenters. The summed E-state index contributed by atoms with van der Waals surface area (Å²) in [6.07, 6.45) is 2.25. The molecule has 6 saturated heterocycles. The lowest BCUT2D eigenvalue weighted by Gasteiger charge is -2.54. The van der Waals surface area contributed by atoms with E-state index in [0.29, 0.717) is 0 Å². The lowest BCUT2D eigenvalue weighted by Crippen LogP contribution is -2.76. The van der Waals surface area contributed by atoms with Crippen LogP contribution < -0.4 is 9.47 Å². The van der Waals surface area contributed by atoms with Gasteiger partial charge in [0.15, 0.2) is 6.04 Å². The highest BCUT2D eigenvalue weighted by Gasteiger charge is 2.53. The zero-order valence-electron chi connectivity index (χ0n) is 31.4. The maximum atomic E-state index is 6.63. The highest BCUT2D eigenvalue weighted by molar-refractivity contribution is 5.48. The second-order valence-corrected chi connectivity index (χ2v) is 15.7. The van der Waals surface area contributed by atoms with Crippen LogP contribution in [0.25, 0.3) is 0 Å². The Morgan fingerprint density at radius 2 is 1.10 bits per heavy atom. The van der Waals surface area contributed by atoms with E-state index in [0.717, 1.165) is 101 Å². The van der Waals surface area contributed by atoms with Gasteiger partial charge in [0.1, 0.15) is 90.0 Å². The second-order valence-electron chi connectivity index (χ2n) is 15.7. The van der Waals surface area contributed by atoms with Gasteiger partial charge in [-0.1, -0.05) is 36.5 Å². The van der Waals surface area contributed by atoms with Crippen LogP contribution in [-0.4, -0.2) is 123 Å². The molecular formula is C46H64N4O2+4. The van der Waals surface area contributed by atoms with Gasteiger partial charge in [0.05, 0.1) is 20.2 Å². The molecular weight excluding hydrogens is 641 g/mol. The fourth-order valence-corrected chi connectivity index (χ4v) is 8.52. The van der Waals surface area contributed by atoms with Gasteiger partial charge >= 0.3 is 0 Å². The molecule has 6 aliphatic heterocycles. The molecule has 3 aromatic rings. The molecule has 3 aromatic carbocycles. The first-order valence-electron chi connectivity index (χ1n) is 19.3. The largest absolute Gasteiger partial charge is 0.493 e. The minimum Gasteiger partial charge on any atom is -0.493 e. The molecule has 276 valence electrons. The van der Waals surface area contributed by atoms with Crippen molar-refractivity contribution >= 4 is 0 Å². The summed E-state index contributed by atoms with van der Waals surface area (Å²) < 4.78 is 17.2. The van der Waals surface area contributed by atoms with Crippen molar-refractivity contribution in [1.82, 2.24) is 0 Å².